The highest BCUT2D eigenvalue weighted by atomic mass is 32.2. The van der Waals surface area contributed by atoms with E-state index in [-0.39, 0.29) is 11.7 Å². The van der Waals surface area contributed by atoms with Crippen LogP contribution in [0.2, 0.25) is 0 Å². The molecule has 174 valence electrons. The second-order valence-corrected chi connectivity index (χ2v) is 9.24. The molecular formula is C22H23F2N5O2S2. The van der Waals surface area contributed by atoms with Crippen LogP contribution in [0.1, 0.15) is 5.56 Å². The lowest BCUT2D eigenvalue weighted by Gasteiger charge is -2.28. The minimum absolute atomic E-state index is 0.0563. The third kappa shape index (κ3) is 6.04. The van der Waals surface area contributed by atoms with Crippen LogP contribution in [0.5, 0.6) is 0 Å². The molecule has 4 rings (SSSR count). The first kappa shape index (κ1) is 23.5. The van der Waals surface area contributed by atoms with Gasteiger partial charge in [0.05, 0.1) is 30.3 Å². The van der Waals surface area contributed by atoms with Crippen molar-refractivity contribution in [3.05, 3.63) is 54.1 Å². The summed E-state index contributed by atoms with van der Waals surface area (Å²) in [6.07, 6.45) is 0. The summed E-state index contributed by atoms with van der Waals surface area (Å²) in [5.41, 5.74) is 2.39. The molecule has 1 fully saturated rings. The van der Waals surface area contributed by atoms with Crippen molar-refractivity contribution in [2.75, 3.05) is 42.3 Å². The fourth-order valence-corrected chi connectivity index (χ4v) is 4.67. The number of hydrogen-bond donors (Lipinski definition) is 1. The molecule has 0 unspecified atom stereocenters. The Hall–Kier alpha value is -2.63. The number of benzene rings is 2. The van der Waals surface area contributed by atoms with Crippen molar-refractivity contribution >= 4 is 41.1 Å². The zero-order chi connectivity index (χ0) is 23.2. The number of rotatable bonds is 8. The van der Waals surface area contributed by atoms with Gasteiger partial charge in [0, 0.05) is 18.0 Å². The molecular weight excluding hydrogens is 468 g/mol. The zero-order valence-electron chi connectivity index (χ0n) is 17.9. The van der Waals surface area contributed by atoms with Gasteiger partial charge < -0.3 is 15.0 Å². The van der Waals surface area contributed by atoms with Gasteiger partial charge in [-0.3, -0.25) is 9.36 Å². The molecule has 1 aromatic heterocycles. The van der Waals surface area contributed by atoms with E-state index in [2.05, 4.69) is 20.4 Å². The summed E-state index contributed by atoms with van der Waals surface area (Å²) in [6.45, 7) is 4.65. The number of nitrogens with one attached hydrogen (secondary N) is 1. The number of aromatic nitrogens is 3. The van der Waals surface area contributed by atoms with Crippen molar-refractivity contribution < 1.29 is 18.3 Å². The van der Waals surface area contributed by atoms with E-state index in [0.717, 1.165) is 11.3 Å². The predicted molar refractivity (Wildman–Crippen MR) is 127 cm³/mol. The average molecular weight is 492 g/mol. The Balaban J connectivity index is 1.52. The van der Waals surface area contributed by atoms with Crippen molar-refractivity contribution in [1.82, 2.24) is 14.8 Å². The molecule has 0 saturated carbocycles. The first-order valence-electron chi connectivity index (χ1n) is 10.3. The number of carbonyl (C=O) groups excluding carboxylic acids is 1. The van der Waals surface area contributed by atoms with Crippen LogP contribution in [0.25, 0.3) is 5.69 Å². The number of para-hydroxylation sites is 1. The van der Waals surface area contributed by atoms with Gasteiger partial charge in [0.15, 0.2) is 5.16 Å². The molecule has 1 aliphatic rings. The Morgan fingerprint density at radius 1 is 1.12 bits per heavy atom. The standard InChI is InChI=1S/C22H23F2N5O2S2/c1-15-6-8-16(9-7-15)29-21(28-10-12-31-13-11-28)26-27-22(29)32-14-19(30)25-17-4-2-3-5-18(17)33-20(23)24/h2-9,20H,10-14H2,1H3,(H,25,30). The van der Waals surface area contributed by atoms with E-state index in [9.17, 15) is 13.6 Å². The predicted octanol–water partition coefficient (Wildman–Crippen LogP) is 4.46. The van der Waals surface area contributed by atoms with Gasteiger partial charge in [0.2, 0.25) is 11.9 Å². The van der Waals surface area contributed by atoms with Gasteiger partial charge in [-0.05, 0) is 31.2 Å². The number of halogens is 2. The van der Waals surface area contributed by atoms with Crippen LogP contribution in [0, 0.1) is 6.92 Å². The Bertz CT molecular complexity index is 1090. The Morgan fingerprint density at radius 2 is 1.85 bits per heavy atom. The Labute approximate surface area is 198 Å². The second kappa shape index (κ2) is 11.0. The number of alkyl halides is 2. The lowest BCUT2D eigenvalue weighted by molar-refractivity contribution is -0.113. The van der Waals surface area contributed by atoms with Gasteiger partial charge in [0.25, 0.3) is 5.76 Å². The number of carbonyl (C=O) groups is 1. The Morgan fingerprint density at radius 3 is 2.58 bits per heavy atom. The highest BCUT2D eigenvalue weighted by molar-refractivity contribution is 8.00. The summed E-state index contributed by atoms with van der Waals surface area (Å²) in [7, 11) is 0. The van der Waals surface area contributed by atoms with Crippen LogP contribution in [0.4, 0.5) is 20.4 Å². The minimum Gasteiger partial charge on any atom is -0.378 e. The van der Waals surface area contributed by atoms with E-state index < -0.39 is 5.76 Å². The first-order valence-corrected chi connectivity index (χ1v) is 12.2. The van der Waals surface area contributed by atoms with Crippen LogP contribution >= 0.6 is 23.5 Å². The van der Waals surface area contributed by atoms with E-state index >= 15 is 0 Å². The molecule has 11 heteroatoms. The number of aryl methyl sites for hydroxylation is 1. The van der Waals surface area contributed by atoms with Crippen molar-refractivity contribution in [3.8, 4) is 5.69 Å². The molecule has 1 saturated heterocycles. The third-order valence-electron chi connectivity index (χ3n) is 4.91. The summed E-state index contributed by atoms with van der Waals surface area (Å²) in [5, 5.41) is 12.0. The molecule has 2 heterocycles. The zero-order valence-corrected chi connectivity index (χ0v) is 19.5. The molecule has 1 aliphatic heterocycles. The molecule has 0 radical (unpaired) electrons. The van der Waals surface area contributed by atoms with Gasteiger partial charge in [-0.25, -0.2) is 0 Å². The van der Waals surface area contributed by atoms with E-state index in [1.807, 2.05) is 35.8 Å². The van der Waals surface area contributed by atoms with Gasteiger partial charge in [-0.2, -0.15) is 8.78 Å². The van der Waals surface area contributed by atoms with Crippen LogP contribution < -0.4 is 10.2 Å². The Kier molecular flexibility index (Phi) is 7.84. The molecule has 0 aliphatic carbocycles. The molecule has 7 nitrogen and oxygen atoms in total. The number of amides is 1. The normalized spacial score (nSPS) is 14.0. The molecule has 0 spiro atoms. The maximum atomic E-state index is 12.8. The van der Waals surface area contributed by atoms with Crippen molar-refractivity contribution in [1.29, 1.82) is 0 Å². The lowest BCUT2D eigenvalue weighted by atomic mass is 10.2. The molecule has 2 aromatic carbocycles. The molecule has 1 amide bonds. The highest BCUT2D eigenvalue weighted by Gasteiger charge is 2.22. The maximum absolute atomic E-state index is 12.8. The third-order valence-corrected chi connectivity index (χ3v) is 6.63. The quantitative estimate of drug-likeness (QED) is 0.467. The average Bonchev–Trinajstić information content (AvgIpc) is 3.24. The van der Waals surface area contributed by atoms with Crippen molar-refractivity contribution in [2.24, 2.45) is 0 Å². The number of ether oxygens (including phenoxy) is 1. The maximum Gasteiger partial charge on any atom is 0.288 e. The number of thioether (sulfide) groups is 2. The molecule has 3 aromatic rings. The smallest absolute Gasteiger partial charge is 0.288 e. The molecule has 0 atom stereocenters. The largest absolute Gasteiger partial charge is 0.378 e. The van der Waals surface area contributed by atoms with Crippen LogP contribution in [0.15, 0.2) is 58.6 Å². The fourth-order valence-electron chi connectivity index (χ4n) is 3.33. The molecule has 1 N–H and O–H groups in total. The van der Waals surface area contributed by atoms with Gasteiger partial charge in [-0.15, -0.1) is 10.2 Å². The number of hydrogen-bond acceptors (Lipinski definition) is 7. The summed E-state index contributed by atoms with van der Waals surface area (Å²) < 4.78 is 33.0. The summed E-state index contributed by atoms with van der Waals surface area (Å²) in [4.78, 5) is 15.0. The highest BCUT2D eigenvalue weighted by Crippen LogP contribution is 2.32. The van der Waals surface area contributed by atoms with Crippen molar-refractivity contribution in [3.63, 3.8) is 0 Å². The van der Waals surface area contributed by atoms with Gasteiger partial charge in [-0.1, -0.05) is 53.4 Å². The van der Waals surface area contributed by atoms with E-state index in [1.165, 1.54) is 11.8 Å². The SMILES string of the molecule is Cc1ccc(-n2c(SCC(=O)Nc3ccccc3SC(F)F)nnc2N2CCOCC2)cc1. The number of morpholine rings is 1. The number of anilines is 2. The summed E-state index contributed by atoms with van der Waals surface area (Å²) in [6, 6.07) is 14.5. The monoisotopic (exact) mass is 491 g/mol. The number of nitrogens with zero attached hydrogens (tertiary/aromatic N) is 4. The van der Waals surface area contributed by atoms with Crippen LogP contribution in [0.3, 0.4) is 0 Å². The summed E-state index contributed by atoms with van der Waals surface area (Å²) >= 11 is 1.65. The van der Waals surface area contributed by atoms with Crippen molar-refractivity contribution in [2.45, 2.75) is 22.7 Å². The first-order chi connectivity index (χ1) is 16.0. The van der Waals surface area contributed by atoms with E-state index in [0.29, 0.717) is 59.8 Å². The van der Waals surface area contributed by atoms with E-state index in [4.69, 9.17) is 4.74 Å². The van der Waals surface area contributed by atoms with E-state index in [1.54, 1.807) is 24.3 Å². The van der Waals surface area contributed by atoms with Gasteiger partial charge in [0.1, 0.15) is 0 Å². The molecule has 0 bridgehead atoms. The lowest BCUT2D eigenvalue weighted by Crippen LogP contribution is -2.37. The molecule has 33 heavy (non-hydrogen) atoms. The van der Waals surface area contributed by atoms with Gasteiger partial charge >= 0.3 is 0 Å². The fraction of sp³-hybridized carbons (Fsp3) is 0.318. The summed E-state index contributed by atoms with van der Waals surface area (Å²) in [5.74, 6) is -2.12. The topological polar surface area (TPSA) is 72.3 Å². The van der Waals surface area contributed by atoms with Crippen LogP contribution in [-0.4, -0.2) is 58.5 Å². The second-order valence-electron chi connectivity index (χ2n) is 7.26. The van der Waals surface area contributed by atoms with Crippen LogP contribution in [-0.2, 0) is 9.53 Å². The minimum atomic E-state index is -2.57.